The Balaban J connectivity index is 2.22. The Morgan fingerprint density at radius 3 is 2.63 bits per heavy atom. The van der Waals surface area contributed by atoms with Crippen molar-refractivity contribution in [1.29, 1.82) is 0 Å². The van der Waals surface area contributed by atoms with Gasteiger partial charge in [-0.3, -0.25) is 0 Å². The second-order valence-corrected chi connectivity index (χ2v) is 8.07. The number of benzene rings is 1. The second-order valence-electron chi connectivity index (χ2n) is 4.64. The van der Waals surface area contributed by atoms with E-state index < -0.39 is 9.84 Å². The SMILES string of the molecule is O=S1(=O)CCC(n2c(=S)[nH]c3cc(Cl)c(Cl)cc32)C1. The smallest absolute Gasteiger partial charge is 0.178 e. The molecule has 1 saturated heterocycles. The number of nitrogens with zero attached hydrogens (tertiary/aromatic N) is 1. The zero-order chi connectivity index (χ0) is 13.8. The predicted molar refractivity (Wildman–Crippen MR) is 79.5 cm³/mol. The number of aromatic amines is 1. The van der Waals surface area contributed by atoms with E-state index in [1.54, 1.807) is 12.1 Å². The van der Waals surface area contributed by atoms with Crippen molar-refractivity contribution >= 4 is 56.3 Å². The van der Waals surface area contributed by atoms with Gasteiger partial charge in [0.05, 0.1) is 38.6 Å². The van der Waals surface area contributed by atoms with Crippen LogP contribution >= 0.6 is 35.4 Å². The first-order valence-corrected chi connectivity index (χ1v) is 8.65. The monoisotopic (exact) mass is 336 g/mol. The molecule has 0 spiro atoms. The lowest BCUT2D eigenvalue weighted by Crippen LogP contribution is -2.11. The van der Waals surface area contributed by atoms with Crippen LogP contribution in [0, 0.1) is 4.77 Å². The van der Waals surface area contributed by atoms with Gasteiger partial charge in [0.25, 0.3) is 0 Å². The van der Waals surface area contributed by atoms with Crippen molar-refractivity contribution in [1.82, 2.24) is 9.55 Å². The van der Waals surface area contributed by atoms with Gasteiger partial charge in [-0.25, -0.2) is 8.42 Å². The Kier molecular flexibility index (Phi) is 3.16. The van der Waals surface area contributed by atoms with Crippen LogP contribution in [0.3, 0.4) is 0 Å². The highest BCUT2D eigenvalue weighted by Crippen LogP contribution is 2.32. The number of fused-ring (bicyclic) bond motifs is 1. The van der Waals surface area contributed by atoms with Crippen LogP contribution in [0.1, 0.15) is 12.5 Å². The molecule has 8 heteroatoms. The summed E-state index contributed by atoms with van der Waals surface area (Å²) in [6.07, 6.45) is 0.573. The van der Waals surface area contributed by atoms with Crippen molar-refractivity contribution in [2.75, 3.05) is 11.5 Å². The lowest BCUT2D eigenvalue weighted by molar-refractivity contribution is 0.563. The number of nitrogens with one attached hydrogen (secondary N) is 1. The summed E-state index contributed by atoms with van der Waals surface area (Å²) in [4.78, 5) is 3.04. The summed E-state index contributed by atoms with van der Waals surface area (Å²) in [7, 11) is -2.97. The molecular weight excluding hydrogens is 327 g/mol. The standard InChI is InChI=1S/C11H10Cl2N2O2S2/c12-7-3-9-10(4-8(7)13)15(11(18)14-9)6-1-2-19(16,17)5-6/h3-4,6H,1-2,5H2,(H,14,18). The molecule has 3 rings (SSSR count). The van der Waals surface area contributed by atoms with Gasteiger partial charge in [-0.2, -0.15) is 0 Å². The van der Waals surface area contributed by atoms with Crippen LogP contribution in [0.2, 0.25) is 10.0 Å². The zero-order valence-corrected chi connectivity index (χ0v) is 12.8. The molecule has 0 radical (unpaired) electrons. The molecule has 1 atom stereocenters. The molecule has 1 unspecified atom stereocenters. The molecular formula is C11H10Cl2N2O2S2. The third kappa shape index (κ3) is 2.31. The number of imidazole rings is 1. The lowest BCUT2D eigenvalue weighted by Gasteiger charge is -2.11. The summed E-state index contributed by atoms with van der Waals surface area (Å²) in [5, 5.41) is 0.870. The normalized spacial score (nSPS) is 22.1. The molecule has 0 amide bonds. The van der Waals surface area contributed by atoms with Crippen LogP contribution in [-0.2, 0) is 9.84 Å². The zero-order valence-electron chi connectivity index (χ0n) is 9.69. The van der Waals surface area contributed by atoms with Gasteiger partial charge < -0.3 is 9.55 Å². The number of halogens is 2. The summed E-state index contributed by atoms with van der Waals surface area (Å²) in [6, 6.07) is 3.29. The quantitative estimate of drug-likeness (QED) is 0.812. The predicted octanol–water partition coefficient (Wildman–Crippen LogP) is 3.37. The molecule has 0 aliphatic carbocycles. The first-order valence-electron chi connectivity index (χ1n) is 5.67. The van der Waals surface area contributed by atoms with Crippen molar-refractivity contribution in [3.63, 3.8) is 0 Å². The average molecular weight is 337 g/mol. The minimum absolute atomic E-state index is 0.120. The molecule has 1 aliphatic heterocycles. The molecule has 1 N–H and O–H groups in total. The third-order valence-corrected chi connectivity index (χ3v) is 6.10. The Hall–Kier alpha value is -0.560. The van der Waals surface area contributed by atoms with Crippen molar-refractivity contribution in [3.8, 4) is 0 Å². The molecule has 4 nitrogen and oxygen atoms in total. The molecule has 2 aromatic rings. The van der Waals surface area contributed by atoms with Gasteiger partial charge in [0.2, 0.25) is 0 Å². The molecule has 1 aromatic heterocycles. The summed E-state index contributed by atoms with van der Waals surface area (Å²) >= 11 is 17.3. The van der Waals surface area contributed by atoms with Gasteiger partial charge in [-0.15, -0.1) is 0 Å². The van der Waals surface area contributed by atoms with E-state index in [-0.39, 0.29) is 17.5 Å². The second kappa shape index (κ2) is 4.48. The Morgan fingerprint density at radius 2 is 2.00 bits per heavy atom. The van der Waals surface area contributed by atoms with Crippen LogP contribution < -0.4 is 0 Å². The van der Waals surface area contributed by atoms with E-state index in [9.17, 15) is 8.42 Å². The van der Waals surface area contributed by atoms with E-state index in [1.165, 1.54) is 0 Å². The molecule has 1 aliphatic rings. The summed E-state index contributed by atoms with van der Waals surface area (Å²) in [6.45, 7) is 0. The fourth-order valence-corrected chi connectivity index (χ4v) is 4.84. The highest BCUT2D eigenvalue weighted by Gasteiger charge is 2.30. The maximum absolute atomic E-state index is 11.6. The summed E-state index contributed by atoms with van der Waals surface area (Å²) in [5.74, 6) is 0.321. The molecule has 0 saturated carbocycles. The Labute approximate surface area is 125 Å². The summed E-state index contributed by atoms with van der Waals surface area (Å²) in [5.41, 5.74) is 1.56. The molecule has 2 heterocycles. The Bertz CT molecular complexity index is 823. The van der Waals surface area contributed by atoms with Gasteiger partial charge >= 0.3 is 0 Å². The van der Waals surface area contributed by atoms with Gasteiger partial charge in [0, 0.05) is 0 Å². The molecule has 0 bridgehead atoms. The topological polar surface area (TPSA) is 54.9 Å². The fourth-order valence-electron chi connectivity index (χ4n) is 2.46. The van der Waals surface area contributed by atoms with E-state index in [4.69, 9.17) is 35.4 Å². The molecule has 19 heavy (non-hydrogen) atoms. The number of rotatable bonds is 1. The van der Waals surface area contributed by atoms with Crippen LogP contribution in [-0.4, -0.2) is 29.5 Å². The van der Waals surface area contributed by atoms with Crippen molar-refractivity contribution < 1.29 is 8.42 Å². The fraction of sp³-hybridized carbons (Fsp3) is 0.364. The van der Waals surface area contributed by atoms with E-state index in [2.05, 4.69) is 4.98 Å². The van der Waals surface area contributed by atoms with Crippen LogP contribution in [0.15, 0.2) is 12.1 Å². The van der Waals surface area contributed by atoms with Gasteiger partial charge in [0.1, 0.15) is 0 Å². The minimum atomic E-state index is -2.97. The largest absolute Gasteiger partial charge is 0.331 e. The number of hydrogen-bond donors (Lipinski definition) is 1. The van der Waals surface area contributed by atoms with E-state index in [1.807, 2.05) is 4.57 Å². The number of sulfone groups is 1. The van der Waals surface area contributed by atoms with Gasteiger partial charge in [-0.05, 0) is 30.8 Å². The summed E-state index contributed by atoms with van der Waals surface area (Å²) < 4.78 is 25.5. The highest BCUT2D eigenvalue weighted by atomic mass is 35.5. The molecule has 1 aromatic carbocycles. The highest BCUT2D eigenvalue weighted by molar-refractivity contribution is 7.91. The maximum atomic E-state index is 11.6. The van der Waals surface area contributed by atoms with Crippen LogP contribution in [0.4, 0.5) is 0 Å². The van der Waals surface area contributed by atoms with Crippen LogP contribution in [0.5, 0.6) is 0 Å². The van der Waals surface area contributed by atoms with E-state index in [0.29, 0.717) is 21.2 Å². The minimum Gasteiger partial charge on any atom is -0.331 e. The Morgan fingerprint density at radius 1 is 1.32 bits per heavy atom. The van der Waals surface area contributed by atoms with Crippen LogP contribution in [0.25, 0.3) is 11.0 Å². The first kappa shape index (κ1) is 13.4. The number of H-pyrrole nitrogens is 1. The number of hydrogen-bond acceptors (Lipinski definition) is 3. The maximum Gasteiger partial charge on any atom is 0.178 e. The van der Waals surface area contributed by atoms with Gasteiger partial charge in [0.15, 0.2) is 14.6 Å². The molecule has 1 fully saturated rings. The van der Waals surface area contributed by atoms with E-state index in [0.717, 1.165) is 11.0 Å². The lowest BCUT2D eigenvalue weighted by atomic mass is 10.2. The van der Waals surface area contributed by atoms with E-state index >= 15 is 0 Å². The number of aromatic nitrogens is 2. The van der Waals surface area contributed by atoms with Gasteiger partial charge in [-0.1, -0.05) is 23.2 Å². The third-order valence-electron chi connectivity index (χ3n) is 3.33. The van der Waals surface area contributed by atoms with Crippen molar-refractivity contribution in [2.24, 2.45) is 0 Å². The van der Waals surface area contributed by atoms with Crippen molar-refractivity contribution in [3.05, 3.63) is 26.9 Å². The average Bonchev–Trinajstić information content (AvgIpc) is 2.79. The van der Waals surface area contributed by atoms with Crippen molar-refractivity contribution in [2.45, 2.75) is 12.5 Å². The molecule has 102 valence electrons. The first-order chi connectivity index (χ1) is 8.87.